The highest BCUT2D eigenvalue weighted by Gasteiger charge is 3.03. The Bertz CT molecular complexity index is 1040. The molecule has 2 aliphatic rings. The van der Waals surface area contributed by atoms with Gasteiger partial charge in [0.05, 0.1) is 9.85 Å². The highest BCUT2D eigenvalue weighted by atomic mass is 16.7. The van der Waals surface area contributed by atoms with E-state index in [0.29, 0.717) is 20.9 Å². The van der Waals surface area contributed by atoms with Crippen molar-refractivity contribution in [3.8, 4) is 0 Å². The van der Waals surface area contributed by atoms with Crippen molar-refractivity contribution in [2.24, 2.45) is 0 Å². The Balaban J connectivity index is 1.56. The maximum atomic E-state index is 12.7. The maximum Gasteiger partial charge on any atom is 0.416 e. The highest BCUT2D eigenvalue weighted by molar-refractivity contribution is 5.78. The summed E-state index contributed by atoms with van der Waals surface area (Å²) in [5.41, 5.74) is -3.69. The number of nitro groups is 2. The number of hydrogen-bond acceptors (Lipinski definition) is 8. The molecule has 2 amide bonds. The van der Waals surface area contributed by atoms with E-state index in [1.807, 2.05) is 0 Å². The molecule has 178 valence electrons. The molecule has 0 N–H and O–H groups in total. The van der Waals surface area contributed by atoms with Gasteiger partial charge in [-0.3, -0.25) is 20.2 Å². The monoisotopic (exact) mass is 470 g/mol. The first-order chi connectivity index (χ1) is 16.2. The number of carbonyl (C=O) groups is 2. The number of amides is 2. The summed E-state index contributed by atoms with van der Waals surface area (Å²) in [7, 11) is 0. The lowest BCUT2D eigenvalue weighted by atomic mass is 10.0. The van der Waals surface area contributed by atoms with E-state index >= 15 is 0 Å². The van der Waals surface area contributed by atoms with Crippen LogP contribution < -0.4 is 0 Å². The van der Waals surface area contributed by atoms with Gasteiger partial charge in [0, 0.05) is 0 Å². The minimum Gasteiger partial charge on any atom is -0.444 e. The molecule has 2 saturated heterocycles. The summed E-state index contributed by atoms with van der Waals surface area (Å²) >= 11 is 0. The van der Waals surface area contributed by atoms with Crippen LogP contribution >= 0.6 is 0 Å². The van der Waals surface area contributed by atoms with Gasteiger partial charge in [0.1, 0.15) is 25.3 Å². The fourth-order valence-electron chi connectivity index (χ4n) is 4.72. The van der Waals surface area contributed by atoms with E-state index in [0.717, 1.165) is 0 Å². The lowest BCUT2D eigenvalue weighted by Crippen LogP contribution is -2.55. The molecule has 2 aliphatic heterocycles. The van der Waals surface area contributed by atoms with Gasteiger partial charge in [-0.15, -0.1) is 0 Å². The average Bonchev–Trinajstić information content (AvgIpc) is 3.67. The number of carbonyl (C=O) groups excluding carboxylic acids is 2. The Morgan fingerprint density at radius 3 is 1.38 bits per heavy atom. The fraction of sp³-hybridized carbons (Fsp3) is 0.364. The van der Waals surface area contributed by atoms with Gasteiger partial charge in [-0.25, -0.2) is 19.4 Å². The van der Waals surface area contributed by atoms with Crippen molar-refractivity contribution in [2.75, 3.05) is 0 Å². The standard InChI is InChI=1S/C22H22N4O8/c1-15-21(25(29)30,23(15)19(27)33-13-17-9-5-3-6-10-17)22(26(31)32)16(2)24(22)20(28)34-14-18-11-7-4-8-12-18/h3-12,15-16H,13-14H2,1-2H3/t15-,16-,21-,22+,23?,24?/m1/s1. The Kier molecular flexibility index (Phi) is 5.59. The van der Waals surface area contributed by atoms with Gasteiger partial charge in [-0.05, 0) is 25.0 Å². The van der Waals surface area contributed by atoms with Gasteiger partial charge in [-0.2, -0.15) is 0 Å². The molecular weight excluding hydrogens is 448 g/mol. The zero-order chi connectivity index (χ0) is 24.7. The molecule has 2 aromatic carbocycles. The predicted molar refractivity (Wildman–Crippen MR) is 115 cm³/mol. The quantitative estimate of drug-likeness (QED) is 0.341. The molecular formula is C22H22N4O8. The van der Waals surface area contributed by atoms with E-state index in [9.17, 15) is 29.8 Å². The van der Waals surface area contributed by atoms with E-state index in [-0.39, 0.29) is 13.2 Å². The van der Waals surface area contributed by atoms with Gasteiger partial charge in [-0.1, -0.05) is 60.7 Å². The molecule has 2 fully saturated rings. The third-order valence-corrected chi connectivity index (χ3v) is 6.44. The van der Waals surface area contributed by atoms with E-state index in [2.05, 4.69) is 0 Å². The van der Waals surface area contributed by atoms with Gasteiger partial charge < -0.3 is 9.47 Å². The molecule has 2 aromatic rings. The number of nitrogens with zero attached hydrogens (tertiary/aromatic N) is 4. The Morgan fingerprint density at radius 2 is 1.09 bits per heavy atom. The molecule has 0 aliphatic carbocycles. The summed E-state index contributed by atoms with van der Waals surface area (Å²) in [6, 6.07) is 14.9. The van der Waals surface area contributed by atoms with Gasteiger partial charge in [0.25, 0.3) is 0 Å². The molecule has 4 rings (SSSR count). The van der Waals surface area contributed by atoms with Crippen LogP contribution in [0.4, 0.5) is 9.59 Å². The van der Waals surface area contributed by atoms with E-state index < -0.39 is 45.4 Å². The molecule has 12 heteroatoms. The van der Waals surface area contributed by atoms with E-state index in [1.165, 1.54) is 13.8 Å². The van der Waals surface area contributed by atoms with Crippen molar-refractivity contribution >= 4 is 12.2 Å². The first-order valence-corrected chi connectivity index (χ1v) is 10.5. The first-order valence-electron chi connectivity index (χ1n) is 10.5. The Morgan fingerprint density at radius 1 is 0.765 bits per heavy atom. The normalized spacial score (nSPS) is 27.0. The second-order valence-corrected chi connectivity index (χ2v) is 8.14. The fourth-order valence-corrected chi connectivity index (χ4v) is 4.72. The number of benzene rings is 2. The van der Waals surface area contributed by atoms with E-state index in [1.54, 1.807) is 60.7 Å². The summed E-state index contributed by atoms with van der Waals surface area (Å²) in [6.45, 7) is 2.30. The zero-order valence-corrected chi connectivity index (χ0v) is 18.4. The van der Waals surface area contributed by atoms with Crippen LogP contribution in [-0.4, -0.2) is 55.2 Å². The molecule has 0 unspecified atom stereocenters. The third-order valence-electron chi connectivity index (χ3n) is 6.44. The summed E-state index contributed by atoms with van der Waals surface area (Å²) in [5.74, 6) is 0. The number of rotatable bonds is 7. The maximum absolute atomic E-state index is 12.7. The van der Waals surface area contributed by atoms with Crippen LogP contribution in [0.15, 0.2) is 60.7 Å². The predicted octanol–water partition coefficient (Wildman–Crippen LogP) is 3.01. The lowest BCUT2D eigenvalue weighted by Gasteiger charge is -2.15. The van der Waals surface area contributed by atoms with Crippen molar-refractivity contribution in [2.45, 2.75) is 50.5 Å². The molecule has 0 aromatic heterocycles. The largest absolute Gasteiger partial charge is 0.444 e. The molecule has 0 radical (unpaired) electrons. The van der Waals surface area contributed by atoms with Crippen molar-refractivity contribution in [3.05, 3.63) is 92.0 Å². The lowest BCUT2D eigenvalue weighted by molar-refractivity contribution is -0.658. The summed E-state index contributed by atoms with van der Waals surface area (Å²) in [6.07, 6.45) is -2.16. The Labute approximate surface area is 194 Å². The summed E-state index contributed by atoms with van der Waals surface area (Å²) in [4.78, 5) is 49.6. The van der Waals surface area contributed by atoms with Crippen LogP contribution in [0.3, 0.4) is 0 Å². The first kappa shape index (κ1) is 23.0. The van der Waals surface area contributed by atoms with Crippen molar-refractivity contribution in [3.63, 3.8) is 0 Å². The summed E-state index contributed by atoms with van der Waals surface area (Å²) in [5, 5.41) is 24.5. The van der Waals surface area contributed by atoms with Gasteiger partial charge >= 0.3 is 23.5 Å². The van der Waals surface area contributed by atoms with Crippen LogP contribution in [0.1, 0.15) is 25.0 Å². The zero-order valence-electron chi connectivity index (χ0n) is 18.4. The van der Waals surface area contributed by atoms with Crippen LogP contribution in [0, 0.1) is 20.2 Å². The molecule has 2 heterocycles. The number of ether oxygens (including phenoxy) is 2. The molecule has 34 heavy (non-hydrogen) atoms. The van der Waals surface area contributed by atoms with Crippen LogP contribution in [0.5, 0.6) is 0 Å². The van der Waals surface area contributed by atoms with Gasteiger partial charge in [0.15, 0.2) is 0 Å². The minimum atomic E-state index is -2.49. The smallest absolute Gasteiger partial charge is 0.416 e. The van der Waals surface area contributed by atoms with Crippen molar-refractivity contribution in [1.29, 1.82) is 0 Å². The highest BCUT2D eigenvalue weighted by Crippen LogP contribution is 2.62. The number of hydrogen-bond donors (Lipinski definition) is 0. The SMILES string of the molecule is C[C@H]1N(C(=O)OCc2ccccc2)[C@@]1([N+](=O)[O-])[C@]1([N+](=O)[O-])[C@@H](C)N1C(=O)OCc1ccccc1. The topological polar surface area (TPSA) is 145 Å². The molecule has 0 saturated carbocycles. The average molecular weight is 470 g/mol. The molecule has 0 bridgehead atoms. The molecule has 4 atom stereocenters. The van der Waals surface area contributed by atoms with Gasteiger partial charge in [0.2, 0.25) is 0 Å². The molecule has 12 nitrogen and oxygen atoms in total. The minimum absolute atomic E-state index is 0.166. The third kappa shape index (κ3) is 3.21. The summed E-state index contributed by atoms with van der Waals surface area (Å²) < 4.78 is 10.4. The second-order valence-electron chi connectivity index (χ2n) is 8.14. The second kappa shape index (κ2) is 8.28. The van der Waals surface area contributed by atoms with Crippen LogP contribution in [0.25, 0.3) is 0 Å². The van der Waals surface area contributed by atoms with E-state index in [4.69, 9.17) is 9.47 Å². The van der Waals surface area contributed by atoms with Crippen molar-refractivity contribution < 1.29 is 28.9 Å². The Hall–Kier alpha value is -4.22. The molecule has 0 spiro atoms. The van der Waals surface area contributed by atoms with Crippen LogP contribution in [-0.2, 0) is 22.7 Å². The van der Waals surface area contributed by atoms with Crippen LogP contribution in [0.2, 0.25) is 0 Å². The van der Waals surface area contributed by atoms with Crippen molar-refractivity contribution in [1.82, 2.24) is 9.80 Å².